The van der Waals surface area contributed by atoms with Crippen LogP contribution in [0.4, 0.5) is 0 Å². The van der Waals surface area contributed by atoms with Crippen molar-refractivity contribution in [1.82, 2.24) is 10.2 Å². The highest BCUT2D eigenvalue weighted by atomic mass is 16.3. The van der Waals surface area contributed by atoms with Gasteiger partial charge >= 0.3 is 0 Å². The number of benzene rings is 1. The molecule has 17 heavy (non-hydrogen) atoms. The number of aromatic amines is 1. The number of rotatable bonds is 2. The Hall–Kier alpha value is -2.36. The first-order valence-corrected chi connectivity index (χ1v) is 5.29. The molecule has 4 nitrogen and oxygen atoms in total. The number of H-pyrrole nitrogens is 1. The number of aromatic nitrogens is 2. The van der Waals surface area contributed by atoms with Crippen molar-refractivity contribution in [2.24, 2.45) is 0 Å². The minimum atomic E-state index is -0.0735. The molecule has 2 aromatic heterocycles. The topological polar surface area (TPSA) is 58.9 Å². The predicted molar refractivity (Wildman–Crippen MR) is 63.8 cm³/mol. The maximum absolute atomic E-state index is 11.2. The number of carbonyl (C=O) groups is 1. The van der Waals surface area contributed by atoms with Gasteiger partial charge in [0.15, 0.2) is 11.5 Å². The molecule has 0 amide bonds. The van der Waals surface area contributed by atoms with E-state index in [0.29, 0.717) is 11.5 Å². The Kier molecular flexibility index (Phi) is 2.08. The highest BCUT2D eigenvalue weighted by Crippen LogP contribution is 2.28. The maximum atomic E-state index is 11.2. The summed E-state index contributed by atoms with van der Waals surface area (Å²) in [5, 5.41) is 7.88. The molecular weight excluding hydrogens is 216 g/mol. The lowest BCUT2D eigenvalue weighted by Crippen LogP contribution is -1.86. The number of hydrogen-bond acceptors (Lipinski definition) is 3. The summed E-state index contributed by atoms with van der Waals surface area (Å²) in [7, 11) is 0. The standard InChI is InChI=1S/C13H10N2O2/c1-8(16)12-5-6-13(17-12)9-3-2-4-11-10(9)7-14-15-11/h2-7H,1H3,(H,14,15). The molecule has 0 aliphatic rings. The van der Waals surface area contributed by atoms with E-state index in [0.717, 1.165) is 16.5 Å². The molecule has 0 aliphatic carbocycles. The quantitative estimate of drug-likeness (QED) is 0.683. The normalized spacial score (nSPS) is 10.9. The summed E-state index contributed by atoms with van der Waals surface area (Å²) in [6.07, 6.45) is 1.75. The number of furan rings is 1. The molecular formula is C13H10N2O2. The molecule has 0 saturated heterocycles. The molecule has 1 aromatic carbocycles. The fourth-order valence-electron chi connectivity index (χ4n) is 1.85. The van der Waals surface area contributed by atoms with Crippen molar-refractivity contribution in [3.8, 4) is 11.3 Å². The zero-order chi connectivity index (χ0) is 11.8. The third-order valence-corrected chi connectivity index (χ3v) is 2.70. The van der Waals surface area contributed by atoms with Crippen LogP contribution in [-0.4, -0.2) is 16.0 Å². The third kappa shape index (κ3) is 1.54. The molecule has 4 heteroatoms. The minimum absolute atomic E-state index is 0.0735. The van der Waals surface area contributed by atoms with Gasteiger partial charge in [-0.15, -0.1) is 0 Å². The van der Waals surface area contributed by atoms with Crippen LogP contribution >= 0.6 is 0 Å². The van der Waals surface area contributed by atoms with E-state index in [2.05, 4.69) is 10.2 Å². The summed E-state index contributed by atoms with van der Waals surface area (Å²) < 4.78 is 5.52. The first-order valence-electron chi connectivity index (χ1n) is 5.29. The van der Waals surface area contributed by atoms with Crippen LogP contribution in [0.3, 0.4) is 0 Å². The molecule has 0 aliphatic heterocycles. The summed E-state index contributed by atoms with van der Waals surface area (Å²) >= 11 is 0. The van der Waals surface area contributed by atoms with E-state index in [-0.39, 0.29) is 5.78 Å². The number of ketones is 1. The minimum Gasteiger partial charge on any atom is -0.453 e. The molecule has 0 unspecified atom stereocenters. The Balaban J connectivity index is 2.19. The second kappa shape index (κ2) is 3.59. The Morgan fingerprint density at radius 3 is 2.94 bits per heavy atom. The summed E-state index contributed by atoms with van der Waals surface area (Å²) in [5.74, 6) is 0.985. The number of nitrogens with one attached hydrogen (secondary N) is 1. The van der Waals surface area contributed by atoms with Crippen LogP contribution < -0.4 is 0 Å². The van der Waals surface area contributed by atoms with Gasteiger partial charge in [-0.05, 0) is 18.2 Å². The van der Waals surface area contributed by atoms with Gasteiger partial charge in [-0.1, -0.05) is 12.1 Å². The summed E-state index contributed by atoms with van der Waals surface area (Å²) in [6, 6.07) is 9.31. The van der Waals surface area contributed by atoms with Crippen molar-refractivity contribution in [1.29, 1.82) is 0 Å². The molecule has 0 bridgehead atoms. The smallest absolute Gasteiger partial charge is 0.194 e. The fraction of sp³-hybridized carbons (Fsp3) is 0.0769. The van der Waals surface area contributed by atoms with Crippen LogP contribution in [0, 0.1) is 0 Å². The van der Waals surface area contributed by atoms with E-state index in [1.54, 1.807) is 18.3 Å². The van der Waals surface area contributed by atoms with Crippen molar-refractivity contribution in [2.45, 2.75) is 6.92 Å². The van der Waals surface area contributed by atoms with Gasteiger partial charge in [0.25, 0.3) is 0 Å². The lowest BCUT2D eigenvalue weighted by atomic mass is 10.1. The van der Waals surface area contributed by atoms with E-state index in [9.17, 15) is 4.79 Å². The zero-order valence-electron chi connectivity index (χ0n) is 9.23. The number of Topliss-reactive ketones (excluding diaryl/α,β-unsaturated/α-hetero) is 1. The van der Waals surface area contributed by atoms with Crippen molar-refractivity contribution >= 4 is 16.7 Å². The summed E-state index contributed by atoms with van der Waals surface area (Å²) in [4.78, 5) is 11.2. The number of nitrogens with zero attached hydrogens (tertiary/aromatic N) is 1. The zero-order valence-corrected chi connectivity index (χ0v) is 9.23. The molecule has 3 rings (SSSR count). The molecule has 1 N–H and O–H groups in total. The largest absolute Gasteiger partial charge is 0.453 e. The molecule has 84 valence electrons. The van der Waals surface area contributed by atoms with Gasteiger partial charge in [0.05, 0.1) is 11.7 Å². The van der Waals surface area contributed by atoms with E-state index in [1.165, 1.54) is 6.92 Å². The molecule has 3 aromatic rings. The third-order valence-electron chi connectivity index (χ3n) is 2.70. The number of fused-ring (bicyclic) bond motifs is 1. The van der Waals surface area contributed by atoms with Crippen LogP contribution in [0.5, 0.6) is 0 Å². The number of carbonyl (C=O) groups excluding carboxylic acids is 1. The Bertz CT molecular complexity index is 694. The SMILES string of the molecule is CC(=O)c1ccc(-c2cccc3[nH]ncc23)o1. The predicted octanol–water partition coefficient (Wildman–Crippen LogP) is 3.03. The Labute approximate surface area is 97.3 Å². The molecule has 0 atom stereocenters. The van der Waals surface area contributed by atoms with Gasteiger partial charge in [0, 0.05) is 17.9 Å². The Morgan fingerprint density at radius 1 is 1.29 bits per heavy atom. The second-order valence-electron chi connectivity index (χ2n) is 3.86. The highest BCUT2D eigenvalue weighted by molar-refractivity contribution is 5.95. The highest BCUT2D eigenvalue weighted by Gasteiger charge is 2.11. The van der Waals surface area contributed by atoms with Gasteiger partial charge in [0.2, 0.25) is 0 Å². The summed E-state index contributed by atoms with van der Waals surface area (Å²) in [6.45, 7) is 1.49. The van der Waals surface area contributed by atoms with Crippen LogP contribution in [0.15, 0.2) is 40.9 Å². The average Bonchev–Trinajstić information content (AvgIpc) is 2.97. The molecule has 0 spiro atoms. The molecule has 0 saturated carbocycles. The monoisotopic (exact) mass is 226 g/mol. The lowest BCUT2D eigenvalue weighted by Gasteiger charge is -1.98. The van der Waals surface area contributed by atoms with Crippen LogP contribution in [-0.2, 0) is 0 Å². The van der Waals surface area contributed by atoms with Crippen LogP contribution in [0.2, 0.25) is 0 Å². The van der Waals surface area contributed by atoms with Gasteiger partial charge in [0.1, 0.15) is 5.76 Å². The van der Waals surface area contributed by atoms with Crippen LogP contribution in [0.1, 0.15) is 17.5 Å². The van der Waals surface area contributed by atoms with Crippen molar-refractivity contribution in [3.63, 3.8) is 0 Å². The van der Waals surface area contributed by atoms with Crippen molar-refractivity contribution in [2.75, 3.05) is 0 Å². The van der Waals surface area contributed by atoms with Gasteiger partial charge in [-0.25, -0.2) is 0 Å². The summed E-state index contributed by atoms with van der Waals surface area (Å²) in [5.41, 5.74) is 1.88. The van der Waals surface area contributed by atoms with Gasteiger partial charge < -0.3 is 4.42 Å². The van der Waals surface area contributed by atoms with Crippen LogP contribution in [0.25, 0.3) is 22.2 Å². The second-order valence-corrected chi connectivity index (χ2v) is 3.86. The van der Waals surface area contributed by atoms with Gasteiger partial charge in [-0.3, -0.25) is 9.89 Å². The van der Waals surface area contributed by atoms with E-state index in [4.69, 9.17) is 4.42 Å². The Morgan fingerprint density at radius 2 is 2.18 bits per heavy atom. The van der Waals surface area contributed by atoms with Gasteiger partial charge in [-0.2, -0.15) is 5.10 Å². The molecule has 0 fully saturated rings. The molecule has 0 radical (unpaired) electrons. The first-order chi connectivity index (χ1) is 8.25. The van der Waals surface area contributed by atoms with Crippen molar-refractivity contribution < 1.29 is 9.21 Å². The van der Waals surface area contributed by atoms with E-state index in [1.807, 2.05) is 18.2 Å². The first kappa shape index (κ1) is 9.84. The number of hydrogen-bond donors (Lipinski definition) is 1. The average molecular weight is 226 g/mol. The lowest BCUT2D eigenvalue weighted by molar-refractivity contribution is 0.0988. The van der Waals surface area contributed by atoms with E-state index >= 15 is 0 Å². The van der Waals surface area contributed by atoms with E-state index < -0.39 is 0 Å². The fourth-order valence-corrected chi connectivity index (χ4v) is 1.85. The maximum Gasteiger partial charge on any atom is 0.194 e. The molecule has 2 heterocycles. The van der Waals surface area contributed by atoms with Crippen molar-refractivity contribution in [3.05, 3.63) is 42.3 Å².